The monoisotopic (exact) mass is 279 g/mol. The van der Waals surface area contributed by atoms with E-state index in [1.54, 1.807) is 12.1 Å². The number of amides is 1. The van der Waals surface area contributed by atoms with Gasteiger partial charge < -0.3 is 11.1 Å². The Kier molecular flexibility index (Phi) is 4.73. The van der Waals surface area contributed by atoms with Crippen LogP contribution in [0.5, 0.6) is 0 Å². The average molecular weight is 279 g/mol. The lowest BCUT2D eigenvalue weighted by molar-refractivity contribution is -0.118. The first kappa shape index (κ1) is 14.9. The lowest BCUT2D eigenvalue weighted by Crippen LogP contribution is -2.52. The third-order valence-corrected chi connectivity index (χ3v) is 4.21. The van der Waals surface area contributed by atoms with Gasteiger partial charge in [-0.05, 0) is 38.1 Å². The number of anilines is 1. The molecule has 4 nitrogen and oxygen atoms in total. The van der Waals surface area contributed by atoms with Crippen LogP contribution in [-0.4, -0.2) is 36.5 Å². The fraction of sp³-hybridized carbons (Fsp3) is 0.533. The van der Waals surface area contributed by atoms with Crippen LogP contribution in [0.15, 0.2) is 24.3 Å². The van der Waals surface area contributed by atoms with Crippen LogP contribution >= 0.6 is 0 Å². The molecule has 0 unspecified atom stereocenters. The summed E-state index contributed by atoms with van der Waals surface area (Å²) < 4.78 is 13.1. The molecule has 2 rings (SSSR count). The highest BCUT2D eigenvalue weighted by molar-refractivity contribution is 5.92. The summed E-state index contributed by atoms with van der Waals surface area (Å²) in [4.78, 5) is 14.1. The molecule has 110 valence electrons. The number of nitrogens with zero attached hydrogens (tertiary/aromatic N) is 1. The fourth-order valence-corrected chi connectivity index (χ4v) is 2.92. The minimum atomic E-state index is -0.356. The van der Waals surface area contributed by atoms with Gasteiger partial charge in [0, 0.05) is 17.8 Å². The Labute approximate surface area is 119 Å². The molecular weight excluding hydrogens is 257 g/mol. The van der Waals surface area contributed by atoms with Crippen molar-refractivity contribution in [2.24, 2.45) is 5.73 Å². The molecule has 0 aliphatic heterocycles. The lowest BCUT2D eigenvalue weighted by atomic mass is 9.96. The van der Waals surface area contributed by atoms with Crippen LogP contribution < -0.4 is 11.1 Å². The number of halogens is 1. The van der Waals surface area contributed by atoms with E-state index in [2.05, 4.69) is 5.32 Å². The molecule has 1 aromatic rings. The topological polar surface area (TPSA) is 58.4 Å². The molecule has 1 amide bonds. The summed E-state index contributed by atoms with van der Waals surface area (Å²) in [6, 6.07) is 5.91. The molecule has 1 aromatic carbocycles. The van der Waals surface area contributed by atoms with Crippen LogP contribution in [0.25, 0.3) is 0 Å². The van der Waals surface area contributed by atoms with Gasteiger partial charge in [-0.2, -0.15) is 0 Å². The van der Waals surface area contributed by atoms with Crippen molar-refractivity contribution in [3.05, 3.63) is 30.1 Å². The molecule has 0 bridgehead atoms. The molecule has 1 saturated carbocycles. The Hall–Kier alpha value is -1.46. The van der Waals surface area contributed by atoms with Crippen molar-refractivity contribution in [2.45, 2.75) is 31.2 Å². The molecule has 0 saturated heterocycles. The molecule has 0 atom stereocenters. The number of carbonyl (C=O) groups is 1. The van der Waals surface area contributed by atoms with Gasteiger partial charge in [-0.15, -0.1) is 0 Å². The molecule has 3 N–H and O–H groups in total. The Morgan fingerprint density at radius 1 is 1.45 bits per heavy atom. The Bertz CT molecular complexity index is 472. The van der Waals surface area contributed by atoms with E-state index in [1.807, 2.05) is 11.9 Å². The number of likely N-dealkylation sites (N-methyl/N-ethyl adjacent to an activating group) is 1. The van der Waals surface area contributed by atoms with Gasteiger partial charge in [-0.1, -0.05) is 18.9 Å². The summed E-state index contributed by atoms with van der Waals surface area (Å²) in [5.74, 6) is -0.497. The Balaban J connectivity index is 1.94. The number of hydrogen-bond acceptors (Lipinski definition) is 3. The molecule has 0 spiro atoms. The minimum absolute atomic E-state index is 0.0563. The predicted molar refractivity (Wildman–Crippen MR) is 77.9 cm³/mol. The first-order valence-corrected chi connectivity index (χ1v) is 7.02. The molecule has 0 heterocycles. The summed E-state index contributed by atoms with van der Waals surface area (Å²) in [6.45, 7) is 0.838. The molecule has 20 heavy (non-hydrogen) atoms. The van der Waals surface area contributed by atoms with Crippen molar-refractivity contribution in [1.82, 2.24) is 4.90 Å². The second-order valence-corrected chi connectivity index (χ2v) is 5.55. The molecule has 1 aliphatic rings. The SMILES string of the molecule is CN(CC(=O)Nc1cccc(F)c1)C1(CN)CCCC1. The van der Waals surface area contributed by atoms with Crippen LogP contribution in [0.3, 0.4) is 0 Å². The normalized spacial score (nSPS) is 17.4. The van der Waals surface area contributed by atoms with Crippen molar-refractivity contribution in [3.8, 4) is 0 Å². The standard InChI is InChI=1S/C15H22FN3O/c1-19(15(11-17)7-2-3-8-15)10-14(20)18-13-6-4-5-12(16)9-13/h4-6,9H,2-3,7-8,10-11,17H2,1H3,(H,18,20). The average Bonchev–Trinajstić information content (AvgIpc) is 2.88. The highest BCUT2D eigenvalue weighted by Crippen LogP contribution is 2.33. The minimum Gasteiger partial charge on any atom is -0.329 e. The van der Waals surface area contributed by atoms with E-state index in [0.717, 1.165) is 25.7 Å². The molecule has 1 fully saturated rings. The Morgan fingerprint density at radius 2 is 2.15 bits per heavy atom. The summed E-state index contributed by atoms with van der Waals surface area (Å²) in [6.07, 6.45) is 4.39. The predicted octanol–water partition coefficient (Wildman–Crippen LogP) is 1.97. The second-order valence-electron chi connectivity index (χ2n) is 5.55. The first-order valence-electron chi connectivity index (χ1n) is 7.02. The van der Waals surface area contributed by atoms with Crippen molar-refractivity contribution in [2.75, 3.05) is 25.5 Å². The van der Waals surface area contributed by atoms with E-state index in [-0.39, 0.29) is 23.8 Å². The van der Waals surface area contributed by atoms with Crippen molar-refractivity contribution >= 4 is 11.6 Å². The summed E-state index contributed by atoms with van der Waals surface area (Å²) in [5, 5.41) is 2.72. The zero-order valence-corrected chi connectivity index (χ0v) is 11.9. The van der Waals surface area contributed by atoms with Gasteiger partial charge in [0.05, 0.1) is 6.54 Å². The highest BCUT2D eigenvalue weighted by atomic mass is 19.1. The number of hydrogen-bond donors (Lipinski definition) is 2. The van der Waals surface area contributed by atoms with Crippen LogP contribution in [0.1, 0.15) is 25.7 Å². The number of carbonyl (C=O) groups excluding carboxylic acids is 1. The van der Waals surface area contributed by atoms with Crippen LogP contribution in [0, 0.1) is 5.82 Å². The largest absolute Gasteiger partial charge is 0.329 e. The van der Waals surface area contributed by atoms with Crippen molar-refractivity contribution < 1.29 is 9.18 Å². The maximum Gasteiger partial charge on any atom is 0.238 e. The van der Waals surface area contributed by atoms with Gasteiger partial charge in [-0.3, -0.25) is 9.69 Å². The maximum atomic E-state index is 13.1. The lowest BCUT2D eigenvalue weighted by Gasteiger charge is -2.37. The van der Waals surface area contributed by atoms with Gasteiger partial charge in [0.2, 0.25) is 5.91 Å². The van der Waals surface area contributed by atoms with E-state index in [1.165, 1.54) is 12.1 Å². The molecule has 0 aromatic heterocycles. The van der Waals surface area contributed by atoms with E-state index >= 15 is 0 Å². The first-order chi connectivity index (χ1) is 9.55. The van der Waals surface area contributed by atoms with Crippen molar-refractivity contribution in [3.63, 3.8) is 0 Å². The summed E-state index contributed by atoms with van der Waals surface area (Å²) in [5.41, 5.74) is 6.32. The summed E-state index contributed by atoms with van der Waals surface area (Å²) >= 11 is 0. The van der Waals surface area contributed by atoms with Gasteiger partial charge in [0.25, 0.3) is 0 Å². The molecule has 5 heteroatoms. The number of nitrogens with one attached hydrogen (secondary N) is 1. The van der Waals surface area contributed by atoms with Gasteiger partial charge in [-0.25, -0.2) is 4.39 Å². The quantitative estimate of drug-likeness (QED) is 0.866. The maximum absolute atomic E-state index is 13.1. The number of benzene rings is 1. The smallest absolute Gasteiger partial charge is 0.238 e. The molecular formula is C15H22FN3O. The van der Waals surface area contributed by atoms with Gasteiger partial charge in [0.15, 0.2) is 0 Å². The van der Waals surface area contributed by atoms with Gasteiger partial charge in [0.1, 0.15) is 5.82 Å². The second kappa shape index (κ2) is 6.33. The Morgan fingerprint density at radius 3 is 2.75 bits per heavy atom. The number of nitrogens with two attached hydrogens (primary N) is 1. The van der Waals surface area contributed by atoms with E-state index in [4.69, 9.17) is 5.73 Å². The van der Waals surface area contributed by atoms with Crippen molar-refractivity contribution in [1.29, 1.82) is 0 Å². The molecule has 0 radical (unpaired) electrons. The van der Waals surface area contributed by atoms with Crippen LogP contribution in [0.4, 0.5) is 10.1 Å². The third-order valence-electron chi connectivity index (χ3n) is 4.21. The van der Waals surface area contributed by atoms with Gasteiger partial charge >= 0.3 is 0 Å². The molecule has 1 aliphatic carbocycles. The zero-order chi connectivity index (χ0) is 14.6. The van der Waals surface area contributed by atoms with E-state index < -0.39 is 0 Å². The zero-order valence-electron chi connectivity index (χ0n) is 11.9. The van der Waals surface area contributed by atoms with E-state index in [0.29, 0.717) is 12.2 Å². The van der Waals surface area contributed by atoms with Crippen LogP contribution in [-0.2, 0) is 4.79 Å². The fourth-order valence-electron chi connectivity index (χ4n) is 2.92. The third kappa shape index (κ3) is 3.35. The van der Waals surface area contributed by atoms with Crippen LogP contribution in [0.2, 0.25) is 0 Å². The summed E-state index contributed by atoms with van der Waals surface area (Å²) in [7, 11) is 1.93. The van der Waals surface area contributed by atoms with E-state index in [9.17, 15) is 9.18 Å². The number of rotatable bonds is 5. The highest BCUT2D eigenvalue weighted by Gasteiger charge is 2.36.